The molecule has 0 N–H and O–H groups in total. The van der Waals surface area contributed by atoms with Crippen LogP contribution in [0.2, 0.25) is 0 Å². The number of hydrogen-bond donors (Lipinski definition) is 0. The first-order valence-electron chi connectivity index (χ1n) is 10.9. The van der Waals surface area contributed by atoms with E-state index in [-0.39, 0.29) is 23.5 Å². The van der Waals surface area contributed by atoms with Gasteiger partial charge < -0.3 is 9.47 Å². The first-order chi connectivity index (χ1) is 12.4. The zero-order valence-electron chi connectivity index (χ0n) is 16.1. The van der Waals surface area contributed by atoms with Crippen molar-refractivity contribution in [3.8, 4) is 0 Å². The standard InChI is InChI=1S/C22H32O4/c1-12(25-21(24)19-11-13-3-4-16(19)6-13)20(23)26-22(2)17-7-14-5-15(9-17)10-18(22)8-14/h12-19H,3-11H2,1-2H3. The maximum Gasteiger partial charge on any atom is 0.347 e. The lowest BCUT2D eigenvalue weighted by Crippen LogP contribution is -2.58. The number of carbonyl (C=O) groups excluding carboxylic acids is 2. The van der Waals surface area contributed by atoms with Gasteiger partial charge in [0.05, 0.1) is 5.92 Å². The lowest BCUT2D eigenvalue weighted by atomic mass is 9.50. The minimum absolute atomic E-state index is 0.0146. The molecule has 6 bridgehead atoms. The number of rotatable bonds is 4. The topological polar surface area (TPSA) is 52.6 Å². The predicted octanol–water partition coefficient (Wildman–Crippen LogP) is 4.11. The molecule has 4 nitrogen and oxygen atoms in total. The summed E-state index contributed by atoms with van der Waals surface area (Å²) in [4.78, 5) is 25.3. The lowest BCUT2D eigenvalue weighted by molar-refractivity contribution is -0.212. The van der Waals surface area contributed by atoms with Gasteiger partial charge in [-0.25, -0.2) is 4.79 Å². The van der Waals surface area contributed by atoms with Gasteiger partial charge in [-0.1, -0.05) is 6.42 Å². The van der Waals surface area contributed by atoms with Gasteiger partial charge in [0.2, 0.25) is 0 Å². The van der Waals surface area contributed by atoms with Crippen LogP contribution in [0.1, 0.15) is 71.6 Å². The fourth-order valence-corrected chi connectivity index (χ4v) is 7.43. The Morgan fingerprint density at radius 3 is 2.08 bits per heavy atom. The maximum atomic E-state index is 12.8. The highest BCUT2D eigenvalue weighted by molar-refractivity contribution is 5.80. The summed E-state index contributed by atoms with van der Waals surface area (Å²) in [7, 11) is 0. The van der Waals surface area contributed by atoms with Gasteiger partial charge in [-0.05, 0) is 101 Å². The molecule has 0 aromatic carbocycles. The smallest absolute Gasteiger partial charge is 0.347 e. The zero-order valence-corrected chi connectivity index (χ0v) is 16.1. The highest BCUT2D eigenvalue weighted by Gasteiger charge is 2.57. The predicted molar refractivity (Wildman–Crippen MR) is 96.0 cm³/mol. The van der Waals surface area contributed by atoms with Crippen molar-refractivity contribution in [1.29, 1.82) is 0 Å². The lowest BCUT2D eigenvalue weighted by Gasteiger charge is -2.59. The molecule has 0 saturated heterocycles. The first-order valence-corrected chi connectivity index (χ1v) is 10.9. The summed E-state index contributed by atoms with van der Waals surface area (Å²) in [6, 6.07) is 0. The van der Waals surface area contributed by atoms with Crippen molar-refractivity contribution in [2.45, 2.75) is 83.3 Å². The van der Waals surface area contributed by atoms with Crippen molar-refractivity contribution in [1.82, 2.24) is 0 Å². The molecular weight excluding hydrogens is 328 g/mol. The van der Waals surface area contributed by atoms with Gasteiger partial charge >= 0.3 is 11.9 Å². The SMILES string of the molecule is CC(OC(=O)C1CC2CCC1C2)C(=O)OC1(C)C2CC3CC(C2)CC1C3. The molecule has 6 aliphatic rings. The van der Waals surface area contributed by atoms with E-state index < -0.39 is 6.10 Å². The second kappa shape index (κ2) is 5.97. The molecule has 0 heterocycles. The van der Waals surface area contributed by atoms with Crippen LogP contribution in [-0.2, 0) is 19.1 Å². The largest absolute Gasteiger partial charge is 0.456 e. The Kier molecular flexibility index (Phi) is 3.92. The van der Waals surface area contributed by atoms with E-state index in [9.17, 15) is 9.59 Å². The van der Waals surface area contributed by atoms with Gasteiger partial charge in [0.25, 0.3) is 0 Å². The van der Waals surface area contributed by atoms with Crippen LogP contribution in [0.3, 0.4) is 0 Å². The normalized spacial score (nSPS) is 49.2. The Bertz CT molecular complexity index is 583. The van der Waals surface area contributed by atoms with Crippen molar-refractivity contribution in [3.63, 3.8) is 0 Å². The molecule has 0 radical (unpaired) electrons. The molecule has 0 amide bonds. The summed E-state index contributed by atoms with van der Waals surface area (Å²) in [6.07, 6.45) is 9.95. The third kappa shape index (κ3) is 2.62. The molecule has 0 aromatic heterocycles. The van der Waals surface area contributed by atoms with Crippen LogP contribution in [0.5, 0.6) is 0 Å². The molecule has 0 spiro atoms. The first kappa shape index (κ1) is 17.1. The Balaban J connectivity index is 1.21. The van der Waals surface area contributed by atoms with Crippen molar-refractivity contribution in [2.75, 3.05) is 0 Å². The molecule has 6 aliphatic carbocycles. The van der Waals surface area contributed by atoms with E-state index in [1.165, 1.54) is 44.9 Å². The summed E-state index contributed by atoms with van der Waals surface area (Å²) in [5.74, 6) is 3.38. The van der Waals surface area contributed by atoms with Crippen LogP contribution in [0.15, 0.2) is 0 Å². The Morgan fingerprint density at radius 1 is 0.885 bits per heavy atom. The van der Waals surface area contributed by atoms with Crippen LogP contribution in [-0.4, -0.2) is 23.6 Å². The highest BCUT2D eigenvalue weighted by Crippen LogP contribution is 2.59. The van der Waals surface area contributed by atoms with Crippen LogP contribution in [0.4, 0.5) is 0 Å². The van der Waals surface area contributed by atoms with Gasteiger partial charge in [-0.2, -0.15) is 0 Å². The average Bonchev–Trinajstić information content (AvgIpc) is 3.22. The van der Waals surface area contributed by atoms with E-state index in [4.69, 9.17) is 9.47 Å². The molecular formula is C22H32O4. The molecule has 6 fully saturated rings. The maximum absolute atomic E-state index is 12.8. The summed E-state index contributed by atoms with van der Waals surface area (Å²) < 4.78 is 11.7. The third-order valence-corrected chi connectivity index (χ3v) is 8.75. The summed E-state index contributed by atoms with van der Waals surface area (Å²) >= 11 is 0. The van der Waals surface area contributed by atoms with Gasteiger partial charge in [0, 0.05) is 0 Å². The number of ether oxygens (including phenoxy) is 2. The van der Waals surface area contributed by atoms with E-state index in [1.807, 2.05) is 0 Å². The Labute approximate surface area is 156 Å². The van der Waals surface area contributed by atoms with Gasteiger partial charge in [0.15, 0.2) is 6.10 Å². The molecule has 6 rings (SSSR count). The Morgan fingerprint density at radius 2 is 1.54 bits per heavy atom. The van der Waals surface area contributed by atoms with Gasteiger partial charge in [-0.15, -0.1) is 0 Å². The van der Waals surface area contributed by atoms with E-state index in [0.717, 1.165) is 24.7 Å². The molecule has 0 aromatic rings. The fraction of sp³-hybridized carbons (Fsp3) is 0.909. The summed E-state index contributed by atoms with van der Waals surface area (Å²) in [5.41, 5.74) is -0.350. The summed E-state index contributed by atoms with van der Waals surface area (Å²) in [5, 5.41) is 0. The van der Waals surface area contributed by atoms with Crippen molar-refractivity contribution in [3.05, 3.63) is 0 Å². The van der Waals surface area contributed by atoms with Crippen LogP contribution in [0.25, 0.3) is 0 Å². The second-order valence-electron chi connectivity index (χ2n) is 10.3. The molecule has 144 valence electrons. The Hall–Kier alpha value is -1.06. The third-order valence-electron chi connectivity index (χ3n) is 8.75. The van der Waals surface area contributed by atoms with E-state index in [0.29, 0.717) is 23.7 Å². The van der Waals surface area contributed by atoms with Crippen molar-refractivity contribution in [2.24, 2.45) is 41.4 Å². The van der Waals surface area contributed by atoms with Crippen molar-refractivity contribution >= 4 is 11.9 Å². The highest BCUT2D eigenvalue weighted by atomic mass is 16.6. The molecule has 6 saturated carbocycles. The molecule has 0 aliphatic heterocycles. The van der Waals surface area contributed by atoms with E-state index >= 15 is 0 Å². The van der Waals surface area contributed by atoms with Crippen LogP contribution in [0, 0.1) is 41.4 Å². The number of fused-ring (bicyclic) bond motifs is 2. The molecule has 26 heavy (non-hydrogen) atoms. The molecule has 4 unspecified atom stereocenters. The molecule has 4 heteroatoms. The number of esters is 2. The second-order valence-corrected chi connectivity index (χ2v) is 10.3. The number of hydrogen-bond acceptors (Lipinski definition) is 4. The quantitative estimate of drug-likeness (QED) is 0.708. The number of carbonyl (C=O) groups is 2. The van der Waals surface area contributed by atoms with E-state index in [1.54, 1.807) is 6.92 Å². The zero-order chi connectivity index (χ0) is 18.1. The fourth-order valence-electron chi connectivity index (χ4n) is 7.43. The van der Waals surface area contributed by atoms with E-state index in [2.05, 4.69) is 6.92 Å². The molecule has 4 atom stereocenters. The average molecular weight is 360 g/mol. The van der Waals surface area contributed by atoms with Crippen molar-refractivity contribution < 1.29 is 19.1 Å². The minimum atomic E-state index is -0.782. The van der Waals surface area contributed by atoms with Gasteiger partial charge in [-0.3, -0.25) is 4.79 Å². The van der Waals surface area contributed by atoms with Crippen LogP contribution >= 0.6 is 0 Å². The monoisotopic (exact) mass is 360 g/mol. The van der Waals surface area contributed by atoms with Gasteiger partial charge in [0.1, 0.15) is 5.60 Å². The summed E-state index contributed by atoms with van der Waals surface area (Å²) in [6.45, 7) is 3.83. The van der Waals surface area contributed by atoms with Crippen LogP contribution < -0.4 is 0 Å². The minimum Gasteiger partial charge on any atom is -0.456 e.